The third kappa shape index (κ3) is 2.25. The summed E-state index contributed by atoms with van der Waals surface area (Å²) < 4.78 is 13.0. The van der Waals surface area contributed by atoms with Crippen LogP contribution in [0.1, 0.15) is 12.8 Å². The molecule has 2 heterocycles. The number of fused-ring (bicyclic) bond motifs is 1. The summed E-state index contributed by atoms with van der Waals surface area (Å²) in [7, 11) is 1.66. The van der Waals surface area contributed by atoms with Gasteiger partial charge < -0.3 is 19.1 Å². The molecule has 2 aromatic rings. The molecule has 1 aliphatic rings. The Balaban J connectivity index is 1.80. The van der Waals surface area contributed by atoms with Crippen molar-refractivity contribution in [2.24, 2.45) is 0 Å². The number of aromatic nitrogens is 1. The van der Waals surface area contributed by atoms with E-state index in [1.54, 1.807) is 7.11 Å². The minimum absolute atomic E-state index is 0.0436. The summed E-state index contributed by atoms with van der Waals surface area (Å²) in [6.45, 7) is 0.667. The molecule has 1 fully saturated rings. The van der Waals surface area contributed by atoms with Gasteiger partial charge in [0, 0.05) is 18.1 Å². The van der Waals surface area contributed by atoms with E-state index in [9.17, 15) is 4.79 Å². The molecule has 20 heavy (non-hydrogen) atoms. The minimum atomic E-state index is -0.869. The van der Waals surface area contributed by atoms with E-state index in [-0.39, 0.29) is 6.10 Å². The van der Waals surface area contributed by atoms with E-state index < -0.39 is 12.1 Å². The van der Waals surface area contributed by atoms with Crippen molar-refractivity contribution in [3.8, 4) is 5.75 Å². The highest BCUT2D eigenvalue weighted by atomic mass is 16.5. The van der Waals surface area contributed by atoms with Gasteiger partial charge in [0.1, 0.15) is 5.75 Å². The predicted molar refractivity (Wildman–Crippen MR) is 74.0 cm³/mol. The number of nitrogens with zero attached hydrogens (tertiary/aromatic N) is 1. The summed E-state index contributed by atoms with van der Waals surface area (Å²) >= 11 is 0. The average Bonchev–Trinajstić information content (AvgIpc) is 3.06. The van der Waals surface area contributed by atoms with Crippen LogP contribution < -0.4 is 4.74 Å². The van der Waals surface area contributed by atoms with E-state index in [1.807, 2.05) is 30.5 Å². The summed E-state index contributed by atoms with van der Waals surface area (Å²) in [5, 5.41) is 10.0. The van der Waals surface area contributed by atoms with Crippen LogP contribution in [0, 0.1) is 0 Å². The molecule has 2 atom stereocenters. The van der Waals surface area contributed by atoms with E-state index in [0.717, 1.165) is 23.1 Å². The second-order valence-corrected chi connectivity index (χ2v) is 5.02. The molecule has 1 aliphatic heterocycles. The third-order valence-corrected chi connectivity index (χ3v) is 3.78. The maximum absolute atomic E-state index is 10.9. The summed E-state index contributed by atoms with van der Waals surface area (Å²) in [4.78, 5) is 10.9. The number of aliphatic carboxylic acids is 1. The Hall–Kier alpha value is -2.01. The van der Waals surface area contributed by atoms with Crippen molar-refractivity contribution < 1.29 is 19.4 Å². The van der Waals surface area contributed by atoms with E-state index >= 15 is 0 Å². The second-order valence-electron chi connectivity index (χ2n) is 5.02. The van der Waals surface area contributed by atoms with Gasteiger partial charge in [-0.15, -0.1) is 0 Å². The molecule has 0 radical (unpaired) electrons. The van der Waals surface area contributed by atoms with Crippen LogP contribution in [0.3, 0.4) is 0 Å². The number of hydrogen-bond donors (Lipinski definition) is 1. The van der Waals surface area contributed by atoms with Gasteiger partial charge in [-0.25, -0.2) is 4.79 Å². The van der Waals surface area contributed by atoms with Crippen molar-refractivity contribution in [2.75, 3.05) is 7.11 Å². The number of ether oxygens (including phenoxy) is 2. The molecule has 3 rings (SSSR count). The van der Waals surface area contributed by atoms with Crippen LogP contribution in [0.2, 0.25) is 0 Å². The van der Waals surface area contributed by atoms with Gasteiger partial charge in [-0.2, -0.15) is 0 Å². The Bertz CT molecular complexity index is 634. The molecule has 1 N–H and O–H groups in total. The SMILES string of the molecule is COc1cccc2c1ccn2CC1CCC(C(=O)O)O1. The lowest BCUT2D eigenvalue weighted by molar-refractivity contribution is -0.149. The van der Waals surface area contributed by atoms with Crippen molar-refractivity contribution in [2.45, 2.75) is 31.6 Å². The van der Waals surface area contributed by atoms with Gasteiger partial charge in [-0.1, -0.05) is 6.07 Å². The highest BCUT2D eigenvalue weighted by Gasteiger charge is 2.30. The summed E-state index contributed by atoms with van der Waals surface area (Å²) in [6, 6.07) is 7.92. The quantitative estimate of drug-likeness (QED) is 0.930. The van der Waals surface area contributed by atoms with Crippen molar-refractivity contribution in [1.82, 2.24) is 4.57 Å². The molecular weight excluding hydrogens is 258 g/mol. The first-order chi connectivity index (χ1) is 9.69. The molecule has 1 aromatic heterocycles. The third-order valence-electron chi connectivity index (χ3n) is 3.78. The molecule has 0 amide bonds. The molecule has 1 saturated heterocycles. The Morgan fingerprint density at radius 3 is 3.00 bits per heavy atom. The van der Waals surface area contributed by atoms with Gasteiger partial charge in [0.2, 0.25) is 0 Å². The molecule has 2 unspecified atom stereocenters. The number of hydrogen-bond acceptors (Lipinski definition) is 3. The zero-order valence-electron chi connectivity index (χ0n) is 11.3. The van der Waals surface area contributed by atoms with Gasteiger partial charge in [0.15, 0.2) is 6.10 Å². The first-order valence-corrected chi connectivity index (χ1v) is 6.69. The maximum atomic E-state index is 10.9. The molecule has 5 heteroatoms. The summed E-state index contributed by atoms with van der Waals surface area (Å²) in [5.41, 5.74) is 1.08. The first-order valence-electron chi connectivity index (χ1n) is 6.69. The fraction of sp³-hybridized carbons (Fsp3) is 0.400. The number of carboxylic acid groups (broad SMARTS) is 1. The maximum Gasteiger partial charge on any atom is 0.332 e. The van der Waals surface area contributed by atoms with Crippen LogP contribution in [-0.2, 0) is 16.1 Å². The largest absolute Gasteiger partial charge is 0.496 e. The molecule has 0 bridgehead atoms. The van der Waals surface area contributed by atoms with Crippen LogP contribution in [0.4, 0.5) is 0 Å². The fourth-order valence-electron chi connectivity index (χ4n) is 2.77. The zero-order valence-corrected chi connectivity index (χ0v) is 11.3. The molecular formula is C15H17NO4. The monoisotopic (exact) mass is 275 g/mol. The average molecular weight is 275 g/mol. The van der Waals surface area contributed by atoms with Crippen LogP contribution in [0.25, 0.3) is 10.9 Å². The standard InChI is InChI=1S/C15H17NO4/c1-19-13-4-2-3-12-11(13)7-8-16(12)9-10-5-6-14(20-10)15(17)18/h2-4,7-8,10,14H,5-6,9H2,1H3,(H,17,18). The van der Waals surface area contributed by atoms with Gasteiger partial charge in [0.25, 0.3) is 0 Å². The van der Waals surface area contributed by atoms with E-state index in [0.29, 0.717) is 13.0 Å². The molecule has 5 nitrogen and oxygen atoms in total. The van der Waals surface area contributed by atoms with Crippen molar-refractivity contribution >= 4 is 16.9 Å². The molecule has 1 aromatic carbocycles. The Labute approximate surface area is 116 Å². The first kappa shape index (κ1) is 13.0. The van der Waals surface area contributed by atoms with Gasteiger partial charge >= 0.3 is 5.97 Å². The summed E-state index contributed by atoms with van der Waals surface area (Å²) in [6.07, 6.45) is 2.66. The Kier molecular flexibility index (Phi) is 3.36. The van der Waals surface area contributed by atoms with E-state index in [4.69, 9.17) is 14.6 Å². The lowest BCUT2D eigenvalue weighted by Gasteiger charge is -2.13. The highest BCUT2D eigenvalue weighted by molar-refractivity contribution is 5.86. The highest BCUT2D eigenvalue weighted by Crippen LogP contribution is 2.28. The summed E-state index contributed by atoms with van der Waals surface area (Å²) in [5.74, 6) is -0.0245. The normalized spacial score (nSPS) is 22.2. The van der Waals surface area contributed by atoms with Gasteiger partial charge in [-0.3, -0.25) is 0 Å². The van der Waals surface area contributed by atoms with Gasteiger partial charge in [-0.05, 0) is 31.0 Å². The second kappa shape index (κ2) is 5.17. The molecule has 106 valence electrons. The lowest BCUT2D eigenvalue weighted by atomic mass is 10.2. The number of benzene rings is 1. The van der Waals surface area contributed by atoms with Crippen molar-refractivity contribution in [3.05, 3.63) is 30.5 Å². The number of carboxylic acids is 1. The smallest absolute Gasteiger partial charge is 0.332 e. The molecule has 0 aliphatic carbocycles. The van der Waals surface area contributed by atoms with Crippen molar-refractivity contribution in [3.63, 3.8) is 0 Å². The minimum Gasteiger partial charge on any atom is -0.496 e. The Morgan fingerprint density at radius 2 is 2.30 bits per heavy atom. The van der Waals surface area contributed by atoms with E-state index in [2.05, 4.69) is 4.57 Å². The van der Waals surface area contributed by atoms with Crippen LogP contribution in [0.15, 0.2) is 30.5 Å². The number of rotatable bonds is 4. The Morgan fingerprint density at radius 1 is 1.45 bits per heavy atom. The zero-order chi connectivity index (χ0) is 14.1. The molecule has 0 spiro atoms. The predicted octanol–water partition coefficient (Wildman–Crippen LogP) is 2.28. The fourth-order valence-corrected chi connectivity index (χ4v) is 2.77. The van der Waals surface area contributed by atoms with Crippen LogP contribution in [0.5, 0.6) is 5.75 Å². The van der Waals surface area contributed by atoms with E-state index in [1.165, 1.54) is 0 Å². The van der Waals surface area contributed by atoms with Crippen LogP contribution in [-0.4, -0.2) is 35.0 Å². The lowest BCUT2D eigenvalue weighted by Crippen LogP contribution is -2.22. The number of methoxy groups -OCH3 is 1. The molecule has 0 saturated carbocycles. The van der Waals surface area contributed by atoms with Gasteiger partial charge in [0.05, 0.1) is 18.7 Å². The number of carbonyl (C=O) groups is 1. The topological polar surface area (TPSA) is 60.7 Å². The van der Waals surface area contributed by atoms with Crippen LogP contribution >= 0.6 is 0 Å². The van der Waals surface area contributed by atoms with Crippen molar-refractivity contribution in [1.29, 1.82) is 0 Å².